The molecule has 5 heteroatoms. The van der Waals surface area contributed by atoms with Crippen molar-refractivity contribution in [2.75, 3.05) is 45.1 Å². The van der Waals surface area contributed by atoms with E-state index in [-0.39, 0.29) is 0 Å². The van der Waals surface area contributed by atoms with Crippen LogP contribution in [0.4, 0.5) is 0 Å². The van der Waals surface area contributed by atoms with Crippen molar-refractivity contribution in [3.8, 4) is 0 Å². The second-order valence-electron chi connectivity index (χ2n) is 5.74. The molecule has 1 unspecified atom stereocenters. The van der Waals surface area contributed by atoms with Gasteiger partial charge < -0.3 is 15.0 Å². The van der Waals surface area contributed by atoms with Crippen molar-refractivity contribution in [2.45, 2.75) is 45.8 Å². The first-order valence-electron chi connectivity index (χ1n) is 8.41. The van der Waals surface area contributed by atoms with Gasteiger partial charge in [0.25, 0.3) is 0 Å². The first-order chi connectivity index (χ1) is 10.2. The van der Waals surface area contributed by atoms with Gasteiger partial charge in [0.05, 0.1) is 0 Å². The highest BCUT2D eigenvalue weighted by Gasteiger charge is 2.24. The molecule has 0 aliphatic carbocycles. The lowest BCUT2D eigenvalue weighted by Gasteiger charge is -2.36. The van der Waals surface area contributed by atoms with E-state index in [9.17, 15) is 0 Å². The number of guanidine groups is 1. The molecular weight excluding hydrogens is 282 g/mol. The lowest BCUT2D eigenvalue weighted by Crippen LogP contribution is -2.49. The van der Waals surface area contributed by atoms with Crippen LogP contribution < -0.4 is 5.32 Å². The zero-order valence-corrected chi connectivity index (χ0v) is 15.0. The standard InChI is InChI=1S/C16H33N3OS/c1-5-17-16(18-9-7-8-11-20-6-2)19-10-12-21-15(13-19)14(3)4/h14-15H,5-13H2,1-4H3,(H,17,18). The van der Waals surface area contributed by atoms with Gasteiger partial charge in [-0.15, -0.1) is 0 Å². The lowest BCUT2D eigenvalue weighted by atomic mass is 10.1. The highest BCUT2D eigenvalue weighted by molar-refractivity contribution is 8.00. The fourth-order valence-electron chi connectivity index (χ4n) is 2.34. The van der Waals surface area contributed by atoms with Crippen LogP contribution in [0.5, 0.6) is 0 Å². The summed E-state index contributed by atoms with van der Waals surface area (Å²) in [6, 6.07) is 0. The van der Waals surface area contributed by atoms with Crippen LogP contribution in [0, 0.1) is 5.92 Å². The maximum absolute atomic E-state index is 5.37. The fraction of sp³-hybridized carbons (Fsp3) is 0.938. The molecule has 1 aliphatic heterocycles. The second kappa shape index (κ2) is 11.2. The highest BCUT2D eigenvalue weighted by Crippen LogP contribution is 2.24. The normalized spacial score (nSPS) is 20.1. The second-order valence-corrected chi connectivity index (χ2v) is 7.09. The van der Waals surface area contributed by atoms with Crippen molar-refractivity contribution in [1.29, 1.82) is 0 Å². The van der Waals surface area contributed by atoms with Crippen LogP contribution >= 0.6 is 11.8 Å². The maximum Gasteiger partial charge on any atom is 0.193 e. The molecule has 1 N–H and O–H groups in total. The topological polar surface area (TPSA) is 36.9 Å². The predicted octanol–water partition coefficient (Wildman–Crippen LogP) is 2.84. The Bertz CT molecular complexity index is 297. The van der Waals surface area contributed by atoms with Crippen LogP contribution in [0.15, 0.2) is 4.99 Å². The summed E-state index contributed by atoms with van der Waals surface area (Å²) in [7, 11) is 0. The van der Waals surface area contributed by atoms with Crippen LogP contribution in [0.3, 0.4) is 0 Å². The lowest BCUT2D eigenvalue weighted by molar-refractivity contribution is 0.144. The minimum atomic E-state index is 0.723. The van der Waals surface area contributed by atoms with Crippen molar-refractivity contribution in [3.63, 3.8) is 0 Å². The van der Waals surface area contributed by atoms with Crippen molar-refractivity contribution in [3.05, 3.63) is 0 Å². The van der Waals surface area contributed by atoms with E-state index >= 15 is 0 Å². The van der Waals surface area contributed by atoms with Gasteiger partial charge in [-0.2, -0.15) is 11.8 Å². The molecule has 1 aliphatic rings. The molecule has 1 fully saturated rings. The van der Waals surface area contributed by atoms with Crippen molar-refractivity contribution in [1.82, 2.24) is 10.2 Å². The Morgan fingerprint density at radius 1 is 1.38 bits per heavy atom. The number of nitrogens with one attached hydrogen (secondary N) is 1. The molecule has 0 saturated carbocycles. The van der Waals surface area contributed by atoms with Gasteiger partial charge in [-0.1, -0.05) is 13.8 Å². The maximum atomic E-state index is 5.37. The van der Waals surface area contributed by atoms with Gasteiger partial charge in [0.2, 0.25) is 0 Å². The first-order valence-corrected chi connectivity index (χ1v) is 9.46. The quantitative estimate of drug-likeness (QED) is 0.424. The molecule has 0 spiro atoms. The third-order valence-corrected chi connectivity index (χ3v) is 5.17. The summed E-state index contributed by atoms with van der Waals surface area (Å²) >= 11 is 2.11. The summed E-state index contributed by atoms with van der Waals surface area (Å²) in [6.45, 7) is 14.6. The Hall–Kier alpha value is -0.420. The van der Waals surface area contributed by atoms with Gasteiger partial charge in [0.15, 0.2) is 5.96 Å². The number of hydrogen-bond acceptors (Lipinski definition) is 3. The average molecular weight is 316 g/mol. The molecule has 21 heavy (non-hydrogen) atoms. The summed E-state index contributed by atoms with van der Waals surface area (Å²) in [5, 5.41) is 4.17. The van der Waals surface area contributed by atoms with Gasteiger partial charge >= 0.3 is 0 Å². The number of hydrogen-bond donors (Lipinski definition) is 1. The molecule has 0 aromatic heterocycles. The zero-order chi connectivity index (χ0) is 15.5. The third-order valence-electron chi connectivity index (χ3n) is 3.63. The molecule has 124 valence electrons. The Balaban J connectivity index is 2.43. The van der Waals surface area contributed by atoms with Gasteiger partial charge in [0.1, 0.15) is 0 Å². The van der Waals surface area contributed by atoms with E-state index in [2.05, 4.69) is 42.7 Å². The van der Waals surface area contributed by atoms with Gasteiger partial charge in [-0.3, -0.25) is 4.99 Å². The summed E-state index contributed by atoms with van der Waals surface area (Å²) in [5.41, 5.74) is 0. The Kier molecular flexibility index (Phi) is 9.92. The summed E-state index contributed by atoms with van der Waals surface area (Å²) in [4.78, 5) is 7.23. The Morgan fingerprint density at radius 3 is 2.86 bits per heavy atom. The number of rotatable bonds is 8. The molecule has 1 saturated heterocycles. The first kappa shape index (κ1) is 18.6. The largest absolute Gasteiger partial charge is 0.382 e. The molecule has 0 aromatic carbocycles. The predicted molar refractivity (Wildman–Crippen MR) is 94.4 cm³/mol. The SMILES string of the molecule is CCNC(=NCCCCOCC)N1CCSC(C(C)C)C1. The molecular formula is C16H33N3OS. The molecule has 0 radical (unpaired) electrons. The van der Waals surface area contributed by atoms with Crippen molar-refractivity contribution >= 4 is 17.7 Å². The minimum absolute atomic E-state index is 0.723. The molecule has 4 nitrogen and oxygen atoms in total. The molecule has 1 rings (SSSR count). The number of unbranched alkanes of at least 4 members (excludes halogenated alkanes) is 1. The van der Waals surface area contributed by atoms with E-state index < -0.39 is 0 Å². The fourth-order valence-corrected chi connectivity index (χ4v) is 3.64. The van der Waals surface area contributed by atoms with E-state index in [0.717, 1.165) is 69.4 Å². The average Bonchev–Trinajstić information content (AvgIpc) is 2.49. The van der Waals surface area contributed by atoms with E-state index in [4.69, 9.17) is 9.73 Å². The third kappa shape index (κ3) is 7.41. The van der Waals surface area contributed by atoms with Crippen LogP contribution in [0.2, 0.25) is 0 Å². The molecule has 1 atom stereocenters. The number of ether oxygens (including phenoxy) is 1. The van der Waals surface area contributed by atoms with E-state index in [0.29, 0.717) is 0 Å². The van der Waals surface area contributed by atoms with Crippen LogP contribution in [-0.4, -0.2) is 61.3 Å². The molecule has 1 heterocycles. The summed E-state index contributed by atoms with van der Waals surface area (Å²) in [6.07, 6.45) is 2.20. The number of nitrogens with zero attached hydrogens (tertiary/aromatic N) is 2. The van der Waals surface area contributed by atoms with Crippen molar-refractivity contribution in [2.24, 2.45) is 10.9 Å². The molecule has 0 bridgehead atoms. The monoisotopic (exact) mass is 315 g/mol. The number of aliphatic imine (C=N–C) groups is 1. The Morgan fingerprint density at radius 2 is 2.19 bits per heavy atom. The summed E-state index contributed by atoms with van der Waals surface area (Å²) < 4.78 is 5.37. The zero-order valence-electron chi connectivity index (χ0n) is 14.2. The smallest absolute Gasteiger partial charge is 0.193 e. The number of thioether (sulfide) groups is 1. The Labute approximate surface area is 135 Å². The summed E-state index contributed by atoms with van der Waals surface area (Å²) in [5.74, 6) is 3.03. The van der Waals surface area contributed by atoms with Crippen LogP contribution in [0.1, 0.15) is 40.5 Å². The van der Waals surface area contributed by atoms with E-state index in [1.807, 2.05) is 6.92 Å². The van der Waals surface area contributed by atoms with Crippen LogP contribution in [0.25, 0.3) is 0 Å². The van der Waals surface area contributed by atoms with Gasteiger partial charge in [0, 0.05) is 50.4 Å². The van der Waals surface area contributed by atoms with E-state index in [1.165, 1.54) is 5.75 Å². The highest BCUT2D eigenvalue weighted by atomic mass is 32.2. The molecule has 0 aromatic rings. The van der Waals surface area contributed by atoms with Gasteiger partial charge in [-0.25, -0.2) is 0 Å². The van der Waals surface area contributed by atoms with Crippen LogP contribution in [-0.2, 0) is 4.74 Å². The molecule has 0 amide bonds. The van der Waals surface area contributed by atoms with Gasteiger partial charge in [-0.05, 0) is 32.6 Å². The van der Waals surface area contributed by atoms with Crippen molar-refractivity contribution < 1.29 is 4.74 Å². The minimum Gasteiger partial charge on any atom is -0.382 e. The van der Waals surface area contributed by atoms with E-state index in [1.54, 1.807) is 0 Å².